The highest BCUT2D eigenvalue weighted by molar-refractivity contribution is 5.79. The molecule has 1 heterocycles. The van der Waals surface area contributed by atoms with Gasteiger partial charge in [-0.15, -0.1) is 0 Å². The second-order valence-electron chi connectivity index (χ2n) is 6.98. The highest BCUT2D eigenvalue weighted by Gasteiger charge is 2.42. The quantitative estimate of drug-likeness (QED) is 0.714. The van der Waals surface area contributed by atoms with E-state index in [1.807, 2.05) is 0 Å². The molecule has 0 aromatic heterocycles. The number of benzene rings is 1. The average Bonchev–Trinajstić information content (AvgIpc) is 2.57. The van der Waals surface area contributed by atoms with Gasteiger partial charge in [-0.05, 0) is 56.0 Å². The van der Waals surface area contributed by atoms with E-state index in [4.69, 9.17) is 5.73 Å². The van der Waals surface area contributed by atoms with Crippen LogP contribution in [0, 0.1) is 11.7 Å². The number of carbonyl (C=O) groups is 1. The fraction of sp³-hybridized carbons (Fsp3) is 0.632. The fourth-order valence-electron chi connectivity index (χ4n) is 3.61. The van der Waals surface area contributed by atoms with Crippen molar-refractivity contribution < 1.29 is 14.3 Å². The van der Waals surface area contributed by atoms with Crippen LogP contribution < -0.4 is 5.73 Å². The second-order valence-corrected chi connectivity index (χ2v) is 6.98. The third-order valence-corrected chi connectivity index (χ3v) is 5.23. The number of aliphatic carboxylic acids is 1. The molecule has 1 aromatic rings. The third-order valence-electron chi connectivity index (χ3n) is 5.23. The van der Waals surface area contributed by atoms with Gasteiger partial charge < -0.3 is 10.8 Å². The van der Waals surface area contributed by atoms with Gasteiger partial charge in [0.1, 0.15) is 11.4 Å². The Balaban J connectivity index is 1.89. The lowest BCUT2D eigenvalue weighted by Crippen LogP contribution is -2.56. The zero-order chi connectivity index (χ0) is 17.6. The minimum absolute atomic E-state index is 0.0244. The second kappa shape index (κ2) is 8.58. The molecular weight excluding hydrogens is 307 g/mol. The molecule has 0 radical (unpaired) electrons. The number of unbranched alkanes of at least 4 members (excludes halogenated alkanes) is 2. The molecule has 134 valence electrons. The number of piperidine rings is 1. The van der Waals surface area contributed by atoms with Crippen molar-refractivity contribution in [3.8, 4) is 0 Å². The first kappa shape index (κ1) is 18.9. The first-order valence-electron chi connectivity index (χ1n) is 8.94. The molecule has 5 heteroatoms. The highest BCUT2D eigenvalue weighted by atomic mass is 19.1. The van der Waals surface area contributed by atoms with E-state index in [0.717, 1.165) is 57.3 Å². The van der Waals surface area contributed by atoms with Crippen LogP contribution in [-0.2, 0) is 11.3 Å². The summed E-state index contributed by atoms with van der Waals surface area (Å²) < 4.78 is 13.0. The van der Waals surface area contributed by atoms with Crippen LogP contribution in [0.5, 0.6) is 0 Å². The summed E-state index contributed by atoms with van der Waals surface area (Å²) >= 11 is 0. The van der Waals surface area contributed by atoms with Crippen molar-refractivity contribution in [2.45, 2.75) is 57.5 Å². The number of nitrogens with two attached hydrogens (primary N) is 1. The van der Waals surface area contributed by atoms with E-state index in [0.29, 0.717) is 6.42 Å². The van der Waals surface area contributed by atoms with Crippen molar-refractivity contribution in [3.05, 3.63) is 35.6 Å². The molecule has 3 N–H and O–H groups in total. The molecule has 1 saturated heterocycles. The van der Waals surface area contributed by atoms with Crippen molar-refractivity contribution in [2.24, 2.45) is 11.7 Å². The first-order valence-corrected chi connectivity index (χ1v) is 8.94. The van der Waals surface area contributed by atoms with Crippen LogP contribution in [0.15, 0.2) is 24.3 Å². The lowest BCUT2D eigenvalue weighted by atomic mass is 9.75. The van der Waals surface area contributed by atoms with Crippen LogP contribution in [-0.4, -0.2) is 34.6 Å². The van der Waals surface area contributed by atoms with Crippen molar-refractivity contribution in [2.75, 3.05) is 13.1 Å². The maximum absolute atomic E-state index is 13.0. The number of carboxylic acid groups (broad SMARTS) is 1. The van der Waals surface area contributed by atoms with Gasteiger partial charge in [-0.2, -0.15) is 0 Å². The SMILES string of the molecule is CCCCCC(N)(C(=O)O)C1CCN(Cc2ccc(F)cc2)CC1. The molecule has 0 aliphatic carbocycles. The molecule has 1 aliphatic heterocycles. The number of rotatable bonds is 8. The van der Waals surface area contributed by atoms with Crippen molar-refractivity contribution in [1.29, 1.82) is 0 Å². The summed E-state index contributed by atoms with van der Waals surface area (Å²) in [6.07, 6.45) is 5.11. The van der Waals surface area contributed by atoms with Gasteiger partial charge in [0.05, 0.1) is 0 Å². The molecule has 1 atom stereocenters. The number of hydrogen-bond donors (Lipinski definition) is 2. The summed E-state index contributed by atoms with van der Waals surface area (Å²) in [5, 5.41) is 9.64. The molecule has 1 aliphatic rings. The van der Waals surface area contributed by atoms with Gasteiger partial charge in [0, 0.05) is 6.54 Å². The Labute approximate surface area is 143 Å². The molecule has 0 amide bonds. The van der Waals surface area contributed by atoms with Crippen LogP contribution in [0.1, 0.15) is 51.0 Å². The van der Waals surface area contributed by atoms with Gasteiger partial charge in [0.2, 0.25) is 0 Å². The molecule has 24 heavy (non-hydrogen) atoms. The number of carboxylic acids is 1. The Bertz CT molecular complexity index is 527. The largest absolute Gasteiger partial charge is 0.480 e. The lowest BCUT2D eigenvalue weighted by molar-refractivity contribution is -0.147. The molecule has 1 unspecified atom stereocenters. The zero-order valence-corrected chi connectivity index (χ0v) is 14.5. The summed E-state index contributed by atoms with van der Waals surface area (Å²) in [5.74, 6) is -1.06. The van der Waals surface area contributed by atoms with E-state index < -0.39 is 11.5 Å². The maximum atomic E-state index is 13.0. The topological polar surface area (TPSA) is 66.6 Å². The van der Waals surface area contributed by atoms with Gasteiger partial charge in [0.15, 0.2) is 0 Å². The van der Waals surface area contributed by atoms with E-state index in [1.54, 1.807) is 12.1 Å². The molecule has 2 rings (SSSR count). The third kappa shape index (κ3) is 4.77. The average molecular weight is 336 g/mol. The van der Waals surface area contributed by atoms with E-state index in [9.17, 15) is 14.3 Å². The fourth-order valence-corrected chi connectivity index (χ4v) is 3.61. The Morgan fingerprint density at radius 3 is 2.46 bits per heavy atom. The van der Waals surface area contributed by atoms with Crippen LogP contribution in [0.25, 0.3) is 0 Å². The van der Waals surface area contributed by atoms with Gasteiger partial charge in [-0.25, -0.2) is 4.39 Å². The highest BCUT2D eigenvalue weighted by Crippen LogP contribution is 2.31. The minimum atomic E-state index is -1.10. The van der Waals surface area contributed by atoms with Crippen LogP contribution in [0.3, 0.4) is 0 Å². The smallest absolute Gasteiger partial charge is 0.323 e. The monoisotopic (exact) mass is 336 g/mol. The summed E-state index contributed by atoms with van der Waals surface area (Å²) in [4.78, 5) is 14.0. The number of halogens is 1. The predicted molar refractivity (Wildman–Crippen MR) is 93.1 cm³/mol. The molecule has 1 fully saturated rings. The lowest BCUT2D eigenvalue weighted by Gasteiger charge is -2.40. The predicted octanol–water partition coefficient (Wildman–Crippen LogP) is 3.40. The van der Waals surface area contributed by atoms with Crippen LogP contribution in [0.4, 0.5) is 4.39 Å². The van der Waals surface area contributed by atoms with Gasteiger partial charge >= 0.3 is 5.97 Å². The van der Waals surface area contributed by atoms with Crippen molar-refractivity contribution in [3.63, 3.8) is 0 Å². The summed E-state index contributed by atoms with van der Waals surface area (Å²) in [5.41, 5.74) is 6.29. The van der Waals surface area contributed by atoms with Crippen molar-refractivity contribution in [1.82, 2.24) is 4.90 Å². The minimum Gasteiger partial charge on any atom is -0.480 e. The molecular formula is C19H29FN2O2. The van der Waals surface area contributed by atoms with E-state index in [1.165, 1.54) is 12.1 Å². The van der Waals surface area contributed by atoms with E-state index in [2.05, 4.69) is 11.8 Å². The normalized spacial score (nSPS) is 19.1. The van der Waals surface area contributed by atoms with E-state index >= 15 is 0 Å². The summed E-state index contributed by atoms with van der Waals surface area (Å²) in [6.45, 7) is 4.55. The first-order chi connectivity index (χ1) is 11.5. The van der Waals surface area contributed by atoms with Crippen LogP contribution >= 0.6 is 0 Å². The Hall–Kier alpha value is -1.46. The Kier molecular flexibility index (Phi) is 6.75. The Morgan fingerprint density at radius 2 is 1.92 bits per heavy atom. The molecule has 4 nitrogen and oxygen atoms in total. The maximum Gasteiger partial charge on any atom is 0.323 e. The zero-order valence-electron chi connectivity index (χ0n) is 14.5. The molecule has 0 spiro atoms. The van der Waals surface area contributed by atoms with Gasteiger partial charge in [0.25, 0.3) is 0 Å². The standard InChI is InChI=1S/C19H29FN2O2/c1-2-3-4-11-19(21,18(23)24)16-9-12-22(13-10-16)14-15-5-7-17(20)8-6-15/h5-8,16H,2-4,9-14,21H2,1H3,(H,23,24). The summed E-state index contributed by atoms with van der Waals surface area (Å²) in [6, 6.07) is 6.56. The molecule has 1 aromatic carbocycles. The van der Waals surface area contributed by atoms with Gasteiger partial charge in [-0.3, -0.25) is 9.69 Å². The molecule has 0 bridgehead atoms. The van der Waals surface area contributed by atoms with Crippen molar-refractivity contribution >= 4 is 5.97 Å². The van der Waals surface area contributed by atoms with Crippen LogP contribution in [0.2, 0.25) is 0 Å². The summed E-state index contributed by atoms with van der Waals surface area (Å²) in [7, 11) is 0. The molecule has 0 saturated carbocycles. The number of hydrogen-bond acceptors (Lipinski definition) is 3. The number of nitrogens with zero attached hydrogens (tertiary/aromatic N) is 1. The van der Waals surface area contributed by atoms with Gasteiger partial charge in [-0.1, -0.05) is 38.3 Å². The van der Waals surface area contributed by atoms with E-state index in [-0.39, 0.29) is 11.7 Å². The Morgan fingerprint density at radius 1 is 1.29 bits per heavy atom. The number of likely N-dealkylation sites (tertiary alicyclic amines) is 1.